The molecule has 0 atom stereocenters. The van der Waals surface area contributed by atoms with Crippen LogP contribution in [0.1, 0.15) is 34.7 Å². The number of benzene rings is 1. The molecule has 1 aliphatic carbocycles. The van der Waals surface area contributed by atoms with E-state index in [0.29, 0.717) is 23.0 Å². The number of nitrogens with one attached hydrogen (secondary N) is 1. The van der Waals surface area contributed by atoms with Crippen LogP contribution in [0.5, 0.6) is 5.75 Å². The van der Waals surface area contributed by atoms with Crippen LogP contribution in [-0.4, -0.2) is 26.5 Å². The van der Waals surface area contributed by atoms with Gasteiger partial charge in [-0.15, -0.1) is 0 Å². The molecule has 1 aromatic carbocycles. The smallest absolute Gasteiger partial charge is 0.176 e. The van der Waals surface area contributed by atoms with E-state index in [-0.39, 0.29) is 5.78 Å². The number of ether oxygens (including phenoxy) is 1. The maximum absolute atomic E-state index is 11.8. The van der Waals surface area contributed by atoms with Crippen LogP contribution >= 0.6 is 11.6 Å². The van der Waals surface area contributed by atoms with E-state index in [9.17, 15) is 4.79 Å². The van der Waals surface area contributed by atoms with Crippen molar-refractivity contribution in [2.24, 2.45) is 0 Å². The average Bonchev–Trinajstić information content (AvgIpc) is 3.12. The highest BCUT2D eigenvalue weighted by atomic mass is 35.5. The van der Waals surface area contributed by atoms with Crippen molar-refractivity contribution in [3.05, 3.63) is 28.3 Å². The largest absolute Gasteiger partial charge is 0.496 e. The first-order valence-electron chi connectivity index (χ1n) is 5.72. The van der Waals surface area contributed by atoms with Gasteiger partial charge < -0.3 is 10.1 Å². The molecule has 0 amide bonds. The van der Waals surface area contributed by atoms with Crippen molar-refractivity contribution in [2.45, 2.75) is 18.8 Å². The van der Waals surface area contributed by atoms with Crippen LogP contribution in [0.3, 0.4) is 0 Å². The molecule has 0 spiro atoms. The predicted molar refractivity (Wildman–Crippen MR) is 68.2 cm³/mol. The van der Waals surface area contributed by atoms with Crippen LogP contribution in [0.4, 0.5) is 0 Å². The zero-order valence-corrected chi connectivity index (χ0v) is 10.8. The van der Waals surface area contributed by atoms with Crippen LogP contribution in [-0.2, 0) is 0 Å². The summed E-state index contributed by atoms with van der Waals surface area (Å²) in [5, 5.41) is 3.48. The second-order valence-corrected chi connectivity index (χ2v) is 4.71. The molecule has 0 radical (unpaired) electrons. The fourth-order valence-corrected chi connectivity index (χ4v) is 2.32. The normalized spacial score (nSPS) is 14.8. The summed E-state index contributed by atoms with van der Waals surface area (Å²) in [7, 11) is 3.36. The highest BCUT2D eigenvalue weighted by Crippen LogP contribution is 2.47. The second-order valence-electron chi connectivity index (χ2n) is 4.30. The van der Waals surface area contributed by atoms with Gasteiger partial charge in [-0.1, -0.05) is 11.6 Å². The third kappa shape index (κ3) is 2.61. The van der Waals surface area contributed by atoms with Crippen molar-refractivity contribution in [3.8, 4) is 5.75 Å². The first-order chi connectivity index (χ1) is 8.17. The second kappa shape index (κ2) is 5.07. The van der Waals surface area contributed by atoms with Gasteiger partial charge in [-0.05, 0) is 37.9 Å². The Kier molecular flexibility index (Phi) is 3.69. The zero-order valence-electron chi connectivity index (χ0n) is 10.0. The lowest BCUT2D eigenvalue weighted by Crippen LogP contribution is -2.18. The number of hydrogen-bond donors (Lipinski definition) is 1. The van der Waals surface area contributed by atoms with Gasteiger partial charge >= 0.3 is 0 Å². The molecule has 1 aromatic rings. The first-order valence-corrected chi connectivity index (χ1v) is 6.10. The molecule has 0 aliphatic heterocycles. The Morgan fingerprint density at radius 3 is 2.76 bits per heavy atom. The van der Waals surface area contributed by atoms with Gasteiger partial charge in [0, 0.05) is 16.1 Å². The minimum atomic E-state index is 0.0232. The summed E-state index contributed by atoms with van der Waals surface area (Å²) in [6.45, 7) is 0.308. The molecule has 92 valence electrons. The van der Waals surface area contributed by atoms with Gasteiger partial charge in [0.15, 0.2) is 5.78 Å². The minimum Gasteiger partial charge on any atom is -0.496 e. The molecule has 17 heavy (non-hydrogen) atoms. The Balaban J connectivity index is 2.37. The molecule has 0 aromatic heterocycles. The van der Waals surface area contributed by atoms with Crippen LogP contribution in [0.2, 0.25) is 5.02 Å². The van der Waals surface area contributed by atoms with Crippen molar-refractivity contribution in [1.29, 1.82) is 0 Å². The van der Waals surface area contributed by atoms with Gasteiger partial charge in [-0.2, -0.15) is 0 Å². The van der Waals surface area contributed by atoms with Crippen molar-refractivity contribution in [1.82, 2.24) is 5.32 Å². The Labute approximate surface area is 106 Å². The summed E-state index contributed by atoms with van der Waals surface area (Å²) in [6.07, 6.45) is 2.31. The standard InChI is InChI=1S/C13H16ClNO2/c1-15-7-11(16)9-5-10(14)13(8-3-4-8)12(6-9)17-2/h5-6,8,15H,3-4,7H2,1-2H3. The Morgan fingerprint density at radius 2 is 2.24 bits per heavy atom. The number of halogens is 1. The van der Waals surface area contributed by atoms with Crippen molar-refractivity contribution in [3.63, 3.8) is 0 Å². The fourth-order valence-electron chi connectivity index (χ4n) is 1.95. The Morgan fingerprint density at radius 1 is 1.53 bits per heavy atom. The lowest BCUT2D eigenvalue weighted by Gasteiger charge is -2.12. The van der Waals surface area contributed by atoms with Gasteiger partial charge in [-0.3, -0.25) is 4.79 Å². The monoisotopic (exact) mass is 253 g/mol. The lowest BCUT2D eigenvalue weighted by atomic mass is 10.0. The molecule has 2 rings (SSSR count). The fraction of sp³-hybridized carbons (Fsp3) is 0.462. The minimum absolute atomic E-state index is 0.0232. The summed E-state index contributed by atoms with van der Waals surface area (Å²) < 4.78 is 5.34. The molecule has 1 N–H and O–H groups in total. The van der Waals surface area contributed by atoms with E-state index in [1.165, 1.54) is 0 Å². The van der Waals surface area contributed by atoms with Gasteiger partial charge in [0.25, 0.3) is 0 Å². The molecule has 3 nitrogen and oxygen atoms in total. The van der Waals surface area contributed by atoms with Crippen LogP contribution < -0.4 is 10.1 Å². The van der Waals surface area contributed by atoms with Crippen LogP contribution in [0.15, 0.2) is 12.1 Å². The molecule has 1 saturated carbocycles. The van der Waals surface area contributed by atoms with E-state index in [0.717, 1.165) is 24.2 Å². The van der Waals surface area contributed by atoms with E-state index in [1.807, 2.05) is 0 Å². The number of likely N-dealkylation sites (N-methyl/N-ethyl adjacent to an activating group) is 1. The number of rotatable bonds is 5. The van der Waals surface area contributed by atoms with E-state index in [1.54, 1.807) is 26.3 Å². The SMILES string of the molecule is CNCC(=O)c1cc(Cl)c(C2CC2)c(OC)c1. The summed E-state index contributed by atoms with van der Waals surface area (Å²) in [5.41, 5.74) is 1.65. The number of Topliss-reactive ketones (excluding diaryl/α,β-unsaturated/α-hetero) is 1. The topological polar surface area (TPSA) is 38.3 Å². The van der Waals surface area contributed by atoms with Crippen molar-refractivity contribution >= 4 is 17.4 Å². The molecule has 0 heterocycles. The molecular weight excluding hydrogens is 238 g/mol. The molecular formula is C13H16ClNO2. The average molecular weight is 254 g/mol. The quantitative estimate of drug-likeness (QED) is 0.820. The number of hydrogen-bond acceptors (Lipinski definition) is 3. The molecule has 0 unspecified atom stereocenters. The van der Waals surface area contributed by atoms with Gasteiger partial charge in [0.05, 0.1) is 13.7 Å². The van der Waals surface area contributed by atoms with E-state index >= 15 is 0 Å². The lowest BCUT2D eigenvalue weighted by molar-refractivity contribution is 0.0993. The van der Waals surface area contributed by atoms with E-state index < -0.39 is 0 Å². The van der Waals surface area contributed by atoms with Gasteiger partial charge in [-0.25, -0.2) is 0 Å². The van der Waals surface area contributed by atoms with Gasteiger partial charge in [0.1, 0.15) is 5.75 Å². The Bertz CT molecular complexity index is 441. The summed E-state index contributed by atoms with van der Waals surface area (Å²) in [5.74, 6) is 1.26. The maximum Gasteiger partial charge on any atom is 0.176 e. The summed E-state index contributed by atoms with van der Waals surface area (Å²) in [4.78, 5) is 11.8. The van der Waals surface area contributed by atoms with E-state index in [4.69, 9.17) is 16.3 Å². The highest BCUT2D eigenvalue weighted by molar-refractivity contribution is 6.32. The molecule has 0 bridgehead atoms. The first kappa shape index (κ1) is 12.4. The zero-order chi connectivity index (χ0) is 12.4. The molecule has 4 heteroatoms. The molecule has 1 fully saturated rings. The third-order valence-corrected chi connectivity index (χ3v) is 3.27. The van der Waals surface area contributed by atoms with Crippen molar-refractivity contribution in [2.75, 3.05) is 20.7 Å². The number of ketones is 1. The van der Waals surface area contributed by atoms with Gasteiger partial charge in [0.2, 0.25) is 0 Å². The number of methoxy groups -OCH3 is 1. The Hall–Kier alpha value is -1.06. The highest BCUT2D eigenvalue weighted by Gasteiger charge is 2.29. The summed E-state index contributed by atoms with van der Waals surface area (Å²) in [6, 6.07) is 3.54. The number of carbonyl (C=O) groups is 1. The van der Waals surface area contributed by atoms with Crippen LogP contribution in [0.25, 0.3) is 0 Å². The van der Waals surface area contributed by atoms with Crippen LogP contribution in [0, 0.1) is 0 Å². The van der Waals surface area contributed by atoms with E-state index in [2.05, 4.69) is 5.32 Å². The van der Waals surface area contributed by atoms with Crippen molar-refractivity contribution < 1.29 is 9.53 Å². The molecule has 1 aliphatic rings. The maximum atomic E-state index is 11.8. The predicted octanol–water partition coefficient (Wildman–Crippen LogP) is 2.63. The third-order valence-electron chi connectivity index (χ3n) is 2.96. The summed E-state index contributed by atoms with van der Waals surface area (Å²) >= 11 is 6.24. The molecule has 0 saturated heterocycles. The number of carbonyl (C=O) groups excluding carboxylic acids is 1.